The van der Waals surface area contributed by atoms with E-state index in [0.29, 0.717) is 0 Å². The van der Waals surface area contributed by atoms with Crippen LogP contribution in [0, 0.1) is 41.4 Å². The first kappa shape index (κ1) is 8.90. The third kappa shape index (κ3) is 0.842. The maximum Gasteiger partial charge on any atom is 0.117 e. The highest BCUT2D eigenvalue weighted by Gasteiger charge is 2.71. The molecule has 0 radical (unpaired) electrons. The smallest absolute Gasteiger partial charge is 0.0996 e. The molecule has 6 unspecified atom stereocenters. The Hall–Kier alpha value is -0.195. The van der Waals surface area contributed by atoms with Crippen LogP contribution in [0.4, 0.5) is 0 Å². The largest absolute Gasteiger partial charge is 0.117 e. The minimum Gasteiger partial charge on any atom is -0.0996 e. The van der Waals surface area contributed by atoms with Crippen molar-refractivity contribution in [2.24, 2.45) is 41.4 Å². The molecular formula is C14H21B. The average molecular weight is 200 g/mol. The van der Waals surface area contributed by atoms with E-state index in [4.69, 9.17) is 0 Å². The molecule has 6 fully saturated rings. The molecule has 0 saturated heterocycles. The minimum atomic E-state index is 1.00. The lowest BCUT2D eigenvalue weighted by molar-refractivity contribution is 0.0242. The zero-order chi connectivity index (χ0) is 10.2. The molecule has 0 N–H and O–H groups in total. The van der Waals surface area contributed by atoms with Crippen LogP contribution in [0.15, 0.2) is 12.2 Å². The summed E-state index contributed by atoms with van der Waals surface area (Å²) in [4.78, 5) is 0. The second-order valence-electron chi connectivity index (χ2n) is 6.57. The molecule has 6 aliphatic rings. The first-order chi connectivity index (χ1) is 7.33. The molecule has 0 aromatic heterocycles. The van der Waals surface area contributed by atoms with Crippen LogP contribution in [0.3, 0.4) is 0 Å². The lowest BCUT2D eigenvalue weighted by atomic mass is 9.53. The van der Waals surface area contributed by atoms with E-state index in [1.807, 2.05) is 0 Å². The molecule has 1 heteroatoms. The number of allylic oxidation sites excluding steroid dienone is 1. The quantitative estimate of drug-likeness (QED) is 0.474. The predicted octanol–water partition coefficient (Wildman–Crippen LogP) is 2.98. The Labute approximate surface area is 93.8 Å². The first-order valence-electron chi connectivity index (χ1n) is 7.00. The van der Waals surface area contributed by atoms with Gasteiger partial charge >= 0.3 is 0 Å². The van der Waals surface area contributed by atoms with Crippen LogP contribution in [0.2, 0.25) is 13.1 Å². The second kappa shape index (κ2) is 2.73. The van der Waals surface area contributed by atoms with Crippen LogP contribution in [0.25, 0.3) is 0 Å². The number of hydrogen-bond acceptors (Lipinski definition) is 0. The Morgan fingerprint density at radius 1 is 1.27 bits per heavy atom. The number of rotatable bonds is 2. The Bertz CT molecular complexity index is 321. The first-order valence-corrected chi connectivity index (χ1v) is 7.00. The maximum atomic E-state index is 4.34. The van der Waals surface area contributed by atoms with Crippen molar-refractivity contribution in [1.29, 1.82) is 0 Å². The van der Waals surface area contributed by atoms with E-state index in [0.717, 1.165) is 41.4 Å². The highest BCUT2D eigenvalue weighted by Crippen LogP contribution is 2.77. The second-order valence-corrected chi connectivity index (χ2v) is 6.57. The summed E-state index contributed by atoms with van der Waals surface area (Å²) in [5.74, 6) is 7.81. The normalized spacial score (nSPS) is 59.3. The summed E-state index contributed by atoms with van der Waals surface area (Å²) in [7, 11) is 1.40. The lowest BCUT2D eigenvalue weighted by Crippen LogP contribution is -2.45. The zero-order valence-electron chi connectivity index (χ0n) is 9.78. The molecule has 80 valence electrons. The molecular weight excluding hydrogens is 179 g/mol. The number of fused-ring (bicyclic) bond motifs is 2. The monoisotopic (exact) mass is 200 g/mol. The molecule has 0 spiro atoms. The van der Waals surface area contributed by atoms with E-state index in [-0.39, 0.29) is 0 Å². The fourth-order valence-corrected chi connectivity index (χ4v) is 5.97. The summed E-state index contributed by atoms with van der Waals surface area (Å²) in [6, 6.07) is 0. The lowest BCUT2D eigenvalue weighted by Gasteiger charge is -2.51. The fourth-order valence-electron chi connectivity index (χ4n) is 5.97. The molecule has 7 atom stereocenters. The van der Waals surface area contributed by atoms with Crippen molar-refractivity contribution in [2.75, 3.05) is 0 Å². The van der Waals surface area contributed by atoms with Crippen molar-refractivity contribution in [3.05, 3.63) is 12.2 Å². The third-order valence-corrected chi connectivity index (χ3v) is 6.30. The molecule has 0 nitrogen and oxygen atoms in total. The molecule has 4 bridgehead atoms. The summed E-state index contributed by atoms with van der Waals surface area (Å²) in [5, 5.41) is 0. The van der Waals surface area contributed by atoms with E-state index >= 15 is 0 Å². The van der Waals surface area contributed by atoms with Gasteiger partial charge < -0.3 is 0 Å². The van der Waals surface area contributed by atoms with Crippen LogP contribution in [0.5, 0.6) is 0 Å². The zero-order valence-corrected chi connectivity index (χ0v) is 9.78. The molecule has 15 heavy (non-hydrogen) atoms. The van der Waals surface area contributed by atoms with Gasteiger partial charge in [0.05, 0.1) is 0 Å². The van der Waals surface area contributed by atoms with Gasteiger partial charge in [0.15, 0.2) is 0 Å². The van der Waals surface area contributed by atoms with Gasteiger partial charge in [0.25, 0.3) is 0 Å². The van der Waals surface area contributed by atoms with E-state index in [2.05, 4.69) is 13.4 Å². The van der Waals surface area contributed by atoms with Crippen molar-refractivity contribution in [3.63, 3.8) is 0 Å². The number of hydrogen-bond donors (Lipinski definition) is 0. The summed E-state index contributed by atoms with van der Waals surface area (Å²) < 4.78 is 0. The highest BCUT2D eigenvalue weighted by molar-refractivity contribution is 6.33. The molecule has 6 aliphatic carbocycles. The Kier molecular flexibility index (Phi) is 1.62. The van der Waals surface area contributed by atoms with Crippen LogP contribution in [-0.4, -0.2) is 7.28 Å². The Morgan fingerprint density at radius 2 is 2.13 bits per heavy atom. The standard InChI is InChI=1S/C14H21B/c1-7-3-4-9-13-10-5-8(6-15-2)12(10)14(9)11(7)13/h8-15H,1,3-6H2,2H3/t8?,9?,10?,11?,12?,13-,14?/m1/s1. The van der Waals surface area contributed by atoms with Crippen LogP contribution >= 0.6 is 0 Å². The Balaban J connectivity index is 1.60. The molecule has 0 amide bonds. The van der Waals surface area contributed by atoms with E-state index in [9.17, 15) is 0 Å². The van der Waals surface area contributed by atoms with Gasteiger partial charge in [-0.1, -0.05) is 25.3 Å². The summed E-state index contributed by atoms with van der Waals surface area (Å²) >= 11 is 0. The van der Waals surface area contributed by atoms with E-state index < -0.39 is 0 Å². The van der Waals surface area contributed by atoms with E-state index in [1.54, 1.807) is 12.0 Å². The summed E-state index contributed by atoms with van der Waals surface area (Å²) in [6.45, 7) is 6.70. The molecule has 0 aliphatic heterocycles. The van der Waals surface area contributed by atoms with Crippen LogP contribution < -0.4 is 0 Å². The van der Waals surface area contributed by atoms with Crippen molar-refractivity contribution in [1.82, 2.24) is 0 Å². The van der Waals surface area contributed by atoms with Crippen LogP contribution in [-0.2, 0) is 0 Å². The molecule has 0 aromatic carbocycles. The maximum absolute atomic E-state index is 4.34. The minimum absolute atomic E-state index is 1.00. The topological polar surface area (TPSA) is 0 Å². The summed E-state index contributed by atoms with van der Waals surface area (Å²) in [6.07, 6.45) is 5.95. The van der Waals surface area contributed by atoms with E-state index in [1.165, 1.54) is 26.4 Å². The Morgan fingerprint density at radius 3 is 2.87 bits per heavy atom. The van der Waals surface area contributed by atoms with Gasteiger partial charge in [0, 0.05) is 0 Å². The van der Waals surface area contributed by atoms with Crippen molar-refractivity contribution in [3.8, 4) is 0 Å². The third-order valence-electron chi connectivity index (χ3n) is 6.30. The van der Waals surface area contributed by atoms with Crippen molar-refractivity contribution >= 4 is 7.28 Å². The predicted molar refractivity (Wildman–Crippen MR) is 65.2 cm³/mol. The van der Waals surface area contributed by atoms with Gasteiger partial charge in [-0.25, -0.2) is 0 Å². The van der Waals surface area contributed by atoms with Gasteiger partial charge in [-0.2, -0.15) is 0 Å². The van der Waals surface area contributed by atoms with Gasteiger partial charge in [-0.05, 0) is 60.7 Å². The molecule has 0 aromatic rings. The van der Waals surface area contributed by atoms with Crippen molar-refractivity contribution in [2.45, 2.75) is 32.4 Å². The highest BCUT2D eigenvalue weighted by atomic mass is 14.8. The van der Waals surface area contributed by atoms with Gasteiger partial charge in [-0.3, -0.25) is 0 Å². The van der Waals surface area contributed by atoms with Gasteiger partial charge in [0.1, 0.15) is 7.28 Å². The summed E-state index contributed by atoms with van der Waals surface area (Å²) in [5.41, 5.74) is 1.64. The van der Waals surface area contributed by atoms with Crippen molar-refractivity contribution < 1.29 is 0 Å². The van der Waals surface area contributed by atoms with Gasteiger partial charge in [-0.15, -0.1) is 0 Å². The average Bonchev–Trinajstić information content (AvgIpc) is 2.60. The fraction of sp³-hybridized carbons (Fsp3) is 0.857. The van der Waals surface area contributed by atoms with Crippen LogP contribution in [0.1, 0.15) is 19.3 Å². The molecule has 6 rings (SSSR count). The van der Waals surface area contributed by atoms with Gasteiger partial charge in [0.2, 0.25) is 0 Å². The SMILES string of the molecule is C=C1CCC2C3C4C(CBC)CC4[C@@H]2C13. The molecule has 6 saturated carbocycles. The molecule has 0 heterocycles.